The first-order valence-electron chi connectivity index (χ1n) is 5.70. The van der Waals surface area contributed by atoms with Crippen LogP contribution in [-0.4, -0.2) is 5.91 Å². The van der Waals surface area contributed by atoms with E-state index in [4.69, 9.17) is 23.1 Å². The molecule has 0 saturated heterocycles. The number of aryl methyl sites for hydroxylation is 1. The van der Waals surface area contributed by atoms with Crippen LogP contribution in [0.1, 0.15) is 15.9 Å². The fourth-order valence-electron chi connectivity index (χ4n) is 1.76. The summed E-state index contributed by atoms with van der Waals surface area (Å²) in [6.07, 6.45) is 0. The number of nitrogen functional groups attached to an aromatic ring is 1. The molecule has 0 aliphatic heterocycles. The Morgan fingerprint density at radius 2 is 1.89 bits per heavy atom. The SMILES string of the molecule is Cc1ccc(C(N)=O)c(Nc2cc(N)ccc2Cl)c1. The Balaban J connectivity index is 2.45. The molecule has 0 heterocycles. The zero-order valence-corrected chi connectivity index (χ0v) is 11.2. The van der Waals surface area contributed by atoms with Gasteiger partial charge in [0.15, 0.2) is 0 Å². The van der Waals surface area contributed by atoms with Crippen molar-refractivity contribution in [1.29, 1.82) is 0 Å². The van der Waals surface area contributed by atoms with Crippen LogP contribution in [-0.2, 0) is 0 Å². The van der Waals surface area contributed by atoms with Crippen molar-refractivity contribution in [3.8, 4) is 0 Å². The van der Waals surface area contributed by atoms with Crippen molar-refractivity contribution in [3.05, 3.63) is 52.5 Å². The van der Waals surface area contributed by atoms with Crippen molar-refractivity contribution in [2.75, 3.05) is 11.1 Å². The van der Waals surface area contributed by atoms with E-state index in [0.29, 0.717) is 27.6 Å². The molecule has 4 nitrogen and oxygen atoms in total. The van der Waals surface area contributed by atoms with E-state index in [2.05, 4.69) is 5.32 Å². The molecule has 0 fully saturated rings. The molecule has 0 radical (unpaired) electrons. The lowest BCUT2D eigenvalue weighted by Gasteiger charge is -2.13. The Morgan fingerprint density at radius 1 is 1.16 bits per heavy atom. The van der Waals surface area contributed by atoms with Crippen LogP contribution in [0, 0.1) is 6.92 Å². The first-order valence-corrected chi connectivity index (χ1v) is 6.07. The fourth-order valence-corrected chi connectivity index (χ4v) is 1.92. The lowest BCUT2D eigenvalue weighted by Crippen LogP contribution is -2.13. The van der Waals surface area contributed by atoms with Crippen LogP contribution in [0.4, 0.5) is 17.1 Å². The summed E-state index contributed by atoms with van der Waals surface area (Å²) in [5, 5.41) is 3.61. The molecular formula is C14H14ClN3O. The molecule has 0 aliphatic rings. The molecule has 1 amide bonds. The van der Waals surface area contributed by atoms with Crippen LogP contribution < -0.4 is 16.8 Å². The van der Waals surface area contributed by atoms with Gasteiger partial charge in [-0.1, -0.05) is 17.7 Å². The number of nitrogens with one attached hydrogen (secondary N) is 1. The van der Waals surface area contributed by atoms with Gasteiger partial charge >= 0.3 is 0 Å². The lowest BCUT2D eigenvalue weighted by atomic mass is 10.1. The zero-order valence-electron chi connectivity index (χ0n) is 10.4. The van der Waals surface area contributed by atoms with Crippen molar-refractivity contribution in [2.45, 2.75) is 6.92 Å². The highest BCUT2D eigenvalue weighted by atomic mass is 35.5. The van der Waals surface area contributed by atoms with E-state index >= 15 is 0 Å². The lowest BCUT2D eigenvalue weighted by molar-refractivity contribution is 0.100. The highest BCUT2D eigenvalue weighted by Gasteiger charge is 2.10. The Labute approximate surface area is 116 Å². The molecule has 19 heavy (non-hydrogen) atoms. The number of hydrogen-bond acceptors (Lipinski definition) is 3. The zero-order chi connectivity index (χ0) is 14.0. The number of benzene rings is 2. The number of carbonyl (C=O) groups is 1. The van der Waals surface area contributed by atoms with Crippen molar-refractivity contribution in [2.24, 2.45) is 5.73 Å². The van der Waals surface area contributed by atoms with E-state index in [1.54, 1.807) is 24.3 Å². The van der Waals surface area contributed by atoms with E-state index in [0.717, 1.165) is 5.56 Å². The molecular weight excluding hydrogens is 262 g/mol. The van der Waals surface area contributed by atoms with Gasteiger partial charge in [0.2, 0.25) is 0 Å². The molecule has 2 rings (SSSR count). The summed E-state index contributed by atoms with van der Waals surface area (Å²) in [4.78, 5) is 11.4. The topological polar surface area (TPSA) is 81.1 Å². The van der Waals surface area contributed by atoms with Crippen molar-refractivity contribution >= 4 is 34.6 Å². The van der Waals surface area contributed by atoms with Gasteiger partial charge in [0, 0.05) is 5.69 Å². The van der Waals surface area contributed by atoms with Gasteiger partial charge in [-0.25, -0.2) is 0 Å². The smallest absolute Gasteiger partial charge is 0.250 e. The minimum Gasteiger partial charge on any atom is -0.399 e. The molecule has 0 bridgehead atoms. The van der Waals surface area contributed by atoms with Gasteiger partial charge < -0.3 is 16.8 Å². The predicted octanol–water partition coefficient (Wildman–Crippen LogP) is 3.07. The van der Waals surface area contributed by atoms with E-state index in [-0.39, 0.29) is 0 Å². The summed E-state index contributed by atoms with van der Waals surface area (Å²) in [5.41, 5.74) is 14.3. The summed E-state index contributed by atoms with van der Waals surface area (Å²) in [6.45, 7) is 1.93. The van der Waals surface area contributed by atoms with Crippen LogP contribution in [0.5, 0.6) is 0 Å². The molecule has 0 unspecified atom stereocenters. The molecule has 2 aromatic carbocycles. The van der Waals surface area contributed by atoms with Gasteiger partial charge in [0.25, 0.3) is 5.91 Å². The van der Waals surface area contributed by atoms with E-state index in [1.165, 1.54) is 0 Å². The third-order valence-electron chi connectivity index (χ3n) is 2.70. The maximum atomic E-state index is 11.4. The first kappa shape index (κ1) is 13.2. The highest BCUT2D eigenvalue weighted by Crippen LogP contribution is 2.29. The number of anilines is 3. The number of halogens is 1. The molecule has 2 aromatic rings. The van der Waals surface area contributed by atoms with E-state index in [1.807, 2.05) is 19.1 Å². The van der Waals surface area contributed by atoms with Gasteiger partial charge in [-0.15, -0.1) is 0 Å². The predicted molar refractivity (Wildman–Crippen MR) is 78.8 cm³/mol. The van der Waals surface area contributed by atoms with Crippen LogP contribution in [0.3, 0.4) is 0 Å². The van der Waals surface area contributed by atoms with Gasteiger partial charge in [-0.05, 0) is 42.8 Å². The van der Waals surface area contributed by atoms with Crippen molar-refractivity contribution in [1.82, 2.24) is 0 Å². The fraction of sp³-hybridized carbons (Fsp3) is 0.0714. The minimum atomic E-state index is -0.498. The first-order chi connectivity index (χ1) is 8.97. The second-order valence-corrected chi connectivity index (χ2v) is 4.68. The Kier molecular flexibility index (Phi) is 3.62. The van der Waals surface area contributed by atoms with Gasteiger partial charge in [-0.3, -0.25) is 4.79 Å². The Hall–Kier alpha value is -2.20. The molecule has 0 aliphatic carbocycles. The summed E-state index contributed by atoms with van der Waals surface area (Å²) in [5.74, 6) is -0.498. The molecule has 0 aromatic heterocycles. The monoisotopic (exact) mass is 275 g/mol. The number of nitrogens with two attached hydrogens (primary N) is 2. The summed E-state index contributed by atoms with van der Waals surface area (Å²) >= 11 is 6.08. The molecule has 98 valence electrons. The highest BCUT2D eigenvalue weighted by molar-refractivity contribution is 6.33. The number of amides is 1. The third-order valence-corrected chi connectivity index (χ3v) is 3.03. The molecule has 5 heteroatoms. The van der Waals surface area contributed by atoms with Gasteiger partial charge in [-0.2, -0.15) is 0 Å². The van der Waals surface area contributed by atoms with Gasteiger partial charge in [0.1, 0.15) is 0 Å². The average Bonchev–Trinajstić information content (AvgIpc) is 2.33. The van der Waals surface area contributed by atoms with Crippen LogP contribution >= 0.6 is 11.6 Å². The summed E-state index contributed by atoms with van der Waals surface area (Å²) < 4.78 is 0. The van der Waals surface area contributed by atoms with Crippen LogP contribution in [0.25, 0.3) is 0 Å². The molecule has 5 N–H and O–H groups in total. The number of primary amides is 1. The van der Waals surface area contributed by atoms with Gasteiger partial charge in [0.05, 0.1) is 22.0 Å². The average molecular weight is 276 g/mol. The maximum Gasteiger partial charge on any atom is 0.250 e. The number of carbonyl (C=O) groups excluding carboxylic acids is 1. The second-order valence-electron chi connectivity index (χ2n) is 4.28. The molecule has 0 spiro atoms. The standard InChI is InChI=1S/C14H14ClN3O/c1-8-2-4-10(14(17)19)12(6-8)18-13-7-9(16)3-5-11(13)15/h2-7,18H,16H2,1H3,(H2,17,19). The largest absolute Gasteiger partial charge is 0.399 e. The quantitative estimate of drug-likeness (QED) is 0.753. The summed E-state index contributed by atoms with van der Waals surface area (Å²) in [6, 6.07) is 10.4. The number of hydrogen-bond donors (Lipinski definition) is 3. The van der Waals surface area contributed by atoms with E-state index < -0.39 is 5.91 Å². The van der Waals surface area contributed by atoms with Crippen LogP contribution in [0.15, 0.2) is 36.4 Å². The van der Waals surface area contributed by atoms with Crippen LogP contribution in [0.2, 0.25) is 5.02 Å². The van der Waals surface area contributed by atoms with Crippen molar-refractivity contribution < 1.29 is 4.79 Å². The van der Waals surface area contributed by atoms with E-state index in [9.17, 15) is 4.79 Å². The minimum absolute atomic E-state index is 0.407. The normalized spacial score (nSPS) is 10.2. The summed E-state index contributed by atoms with van der Waals surface area (Å²) in [7, 11) is 0. The second kappa shape index (κ2) is 5.20. The molecule has 0 saturated carbocycles. The Morgan fingerprint density at radius 3 is 2.58 bits per heavy atom. The Bertz CT molecular complexity index is 641. The number of rotatable bonds is 3. The third kappa shape index (κ3) is 2.98. The van der Waals surface area contributed by atoms with Crippen molar-refractivity contribution in [3.63, 3.8) is 0 Å². The maximum absolute atomic E-state index is 11.4. The molecule has 0 atom stereocenters.